The molecule has 0 aliphatic carbocycles. The number of carbonyl (C=O) groups is 2. The molecular formula is C28H32N2O4S. The van der Waals surface area contributed by atoms with E-state index in [1.54, 1.807) is 19.1 Å². The van der Waals surface area contributed by atoms with Gasteiger partial charge in [0.2, 0.25) is 0 Å². The summed E-state index contributed by atoms with van der Waals surface area (Å²) < 4.78 is 22.4. The van der Waals surface area contributed by atoms with Gasteiger partial charge in [0.25, 0.3) is 0 Å². The molecule has 1 atom stereocenters. The molecule has 0 radical (unpaired) electrons. The largest absolute Gasteiger partial charge is 0.465 e. The standard InChI is InChI=1S/C28H32N2O4S/c1-4-34-26(31)19-30-20(2)24(27(21(30)3)28(32)22-12-6-5-7-13-22)18-23-14-8-9-15-25(23)35(33)29-16-10-11-17-29/h5-9,12-15H,4,10-11,16-19H2,1-3H3. The molecule has 3 aromatic rings. The highest BCUT2D eigenvalue weighted by Gasteiger charge is 2.27. The molecule has 35 heavy (non-hydrogen) atoms. The predicted molar refractivity (Wildman–Crippen MR) is 137 cm³/mol. The monoisotopic (exact) mass is 492 g/mol. The van der Waals surface area contributed by atoms with Gasteiger partial charge in [0.1, 0.15) is 17.5 Å². The Labute approximate surface area is 209 Å². The van der Waals surface area contributed by atoms with E-state index < -0.39 is 11.0 Å². The lowest BCUT2D eigenvalue weighted by Gasteiger charge is -2.17. The second kappa shape index (κ2) is 11.1. The van der Waals surface area contributed by atoms with Crippen LogP contribution in [0.5, 0.6) is 0 Å². The first-order valence-corrected chi connectivity index (χ1v) is 13.2. The zero-order valence-electron chi connectivity index (χ0n) is 20.6. The Morgan fingerprint density at radius 2 is 1.60 bits per heavy atom. The lowest BCUT2D eigenvalue weighted by Crippen LogP contribution is -2.23. The van der Waals surface area contributed by atoms with Crippen molar-refractivity contribution in [3.8, 4) is 0 Å². The van der Waals surface area contributed by atoms with Gasteiger partial charge < -0.3 is 9.30 Å². The van der Waals surface area contributed by atoms with E-state index in [1.807, 2.05) is 65.2 Å². The number of ketones is 1. The van der Waals surface area contributed by atoms with Crippen molar-refractivity contribution in [3.63, 3.8) is 0 Å². The van der Waals surface area contributed by atoms with Crippen LogP contribution in [0.25, 0.3) is 0 Å². The predicted octanol–water partition coefficient (Wildman–Crippen LogP) is 4.61. The maximum absolute atomic E-state index is 13.7. The molecule has 0 saturated carbocycles. The van der Waals surface area contributed by atoms with Crippen LogP contribution in [-0.4, -0.2) is 44.5 Å². The molecule has 1 fully saturated rings. The summed E-state index contributed by atoms with van der Waals surface area (Å²) in [7, 11) is -1.25. The van der Waals surface area contributed by atoms with E-state index >= 15 is 0 Å². The van der Waals surface area contributed by atoms with Gasteiger partial charge in [-0.25, -0.2) is 8.51 Å². The van der Waals surface area contributed by atoms with Crippen LogP contribution in [0.3, 0.4) is 0 Å². The molecular weight excluding hydrogens is 460 g/mol. The summed E-state index contributed by atoms with van der Waals surface area (Å²) in [5, 5.41) is 0. The summed E-state index contributed by atoms with van der Waals surface area (Å²) in [5.74, 6) is -0.420. The van der Waals surface area contributed by atoms with E-state index in [9.17, 15) is 13.8 Å². The first kappa shape index (κ1) is 25.1. The molecule has 0 spiro atoms. The van der Waals surface area contributed by atoms with Gasteiger partial charge in [0, 0.05) is 42.0 Å². The summed E-state index contributed by atoms with van der Waals surface area (Å²) in [6.45, 7) is 7.59. The van der Waals surface area contributed by atoms with E-state index in [1.165, 1.54) is 0 Å². The minimum absolute atomic E-state index is 0.0436. The van der Waals surface area contributed by atoms with Crippen molar-refractivity contribution in [2.24, 2.45) is 0 Å². The van der Waals surface area contributed by atoms with Crippen LogP contribution in [0.4, 0.5) is 0 Å². The fraction of sp³-hybridized carbons (Fsp3) is 0.357. The number of aromatic nitrogens is 1. The maximum Gasteiger partial charge on any atom is 0.325 e. The molecule has 1 saturated heterocycles. The normalized spacial score (nSPS) is 14.7. The molecule has 0 amide bonds. The van der Waals surface area contributed by atoms with Crippen molar-refractivity contribution in [2.75, 3.05) is 19.7 Å². The number of ether oxygens (including phenoxy) is 1. The van der Waals surface area contributed by atoms with E-state index in [-0.39, 0.29) is 18.3 Å². The van der Waals surface area contributed by atoms with Crippen LogP contribution in [0.2, 0.25) is 0 Å². The van der Waals surface area contributed by atoms with Crippen molar-refractivity contribution < 1.29 is 18.5 Å². The van der Waals surface area contributed by atoms with Crippen LogP contribution in [0.1, 0.15) is 58.2 Å². The summed E-state index contributed by atoms with van der Waals surface area (Å²) in [4.78, 5) is 26.8. The molecule has 1 unspecified atom stereocenters. The Hall–Kier alpha value is -3.03. The number of esters is 1. The van der Waals surface area contributed by atoms with Crippen LogP contribution in [0, 0.1) is 13.8 Å². The van der Waals surface area contributed by atoms with Crippen LogP contribution in [0.15, 0.2) is 59.5 Å². The summed E-state index contributed by atoms with van der Waals surface area (Å²) >= 11 is 0. The van der Waals surface area contributed by atoms with Crippen LogP contribution >= 0.6 is 0 Å². The summed E-state index contributed by atoms with van der Waals surface area (Å²) in [5.41, 5.74) is 4.55. The third kappa shape index (κ3) is 5.31. The Bertz CT molecular complexity index is 1240. The Kier molecular flexibility index (Phi) is 7.98. The molecule has 4 rings (SSSR count). The number of benzene rings is 2. The topological polar surface area (TPSA) is 68.6 Å². The Morgan fingerprint density at radius 3 is 2.29 bits per heavy atom. The quantitative estimate of drug-likeness (QED) is 0.323. The van der Waals surface area contributed by atoms with Gasteiger partial charge in [-0.05, 0) is 50.8 Å². The highest BCUT2D eigenvalue weighted by Crippen LogP contribution is 2.30. The van der Waals surface area contributed by atoms with E-state index in [4.69, 9.17) is 4.74 Å². The third-order valence-corrected chi connectivity index (χ3v) is 8.20. The maximum atomic E-state index is 13.7. The molecule has 2 aromatic carbocycles. The van der Waals surface area contributed by atoms with Gasteiger partial charge in [0.05, 0.1) is 11.5 Å². The zero-order valence-corrected chi connectivity index (χ0v) is 21.4. The molecule has 6 nitrogen and oxygen atoms in total. The molecule has 1 aliphatic heterocycles. The fourth-order valence-electron chi connectivity index (χ4n) is 4.78. The molecule has 2 heterocycles. The molecule has 0 N–H and O–H groups in total. The van der Waals surface area contributed by atoms with Gasteiger partial charge in [0.15, 0.2) is 5.78 Å². The number of rotatable bonds is 9. The summed E-state index contributed by atoms with van der Waals surface area (Å²) in [6, 6.07) is 16.9. The molecule has 184 valence electrons. The molecule has 1 aromatic heterocycles. The lowest BCUT2D eigenvalue weighted by molar-refractivity contribution is -0.143. The van der Waals surface area contributed by atoms with Crippen molar-refractivity contribution in [1.29, 1.82) is 0 Å². The zero-order chi connectivity index (χ0) is 24.9. The van der Waals surface area contributed by atoms with Gasteiger partial charge in [-0.2, -0.15) is 0 Å². The highest BCUT2D eigenvalue weighted by atomic mass is 32.2. The average molecular weight is 493 g/mol. The Morgan fingerprint density at radius 1 is 0.943 bits per heavy atom. The number of hydrogen-bond donors (Lipinski definition) is 0. The molecule has 7 heteroatoms. The SMILES string of the molecule is CCOC(=O)Cn1c(C)c(Cc2ccccc2S(=O)N2CCCC2)c(C(=O)c2ccccc2)c1C. The van der Waals surface area contributed by atoms with Gasteiger partial charge in [-0.3, -0.25) is 9.59 Å². The molecule has 1 aliphatic rings. The highest BCUT2D eigenvalue weighted by molar-refractivity contribution is 7.82. The smallest absolute Gasteiger partial charge is 0.325 e. The lowest BCUT2D eigenvalue weighted by atomic mass is 9.95. The van der Waals surface area contributed by atoms with E-state index in [2.05, 4.69) is 0 Å². The molecule has 0 bridgehead atoms. The van der Waals surface area contributed by atoms with Crippen molar-refractivity contribution in [3.05, 3.63) is 88.2 Å². The minimum Gasteiger partial charge on any atom is -0.465 e. The van der Waals surface area contributed by atoms with Gasteiger partial charge in [-0.1, -0.05) is 48.5 Å². The third-order valence-electron chi connectivity index (χ3n) is 6.59. The number of hydrogen-bond acceptors (Lipinski definition) is 4. The first-order valence-electron chi connectivity index (χ1n) is 12.1. The fourth-order valence-corrected chi connectivity index (χ4v) is 6.20. The summed E-state index contributed by atoms with van der Waals surface area (Å²) in [6.07, 6.45) is 2.56. The second-order valence-electron chi connectivity index (χ2n) is 8.78. The van der Waals surface area contributed by atoms with E-state index in [0.717, 1.165) is 53.3 Å². The average Bonchev–Trinajstić information content (AvgIpc) is 3.48. The number of nitrogens with zero attached hydrogens (tertiary/aromatic N) is 2. The second-order valence-corrected chi connectivity index (χ2v) is 10.2. The van der Waals surface area contributed by atoms with Gasteiger partial charge >= 0.3 is 5.97 Å². The van der Waals surface area contributed by atoms with Gasteiger partial charge in [-0.15, -0.1) is 0 Å². The van der Waals surface area contributed by atoms with Crippen molar-refractivity contribution in [2.45, 2.75) is 51.5 Å². The number of carbonyl (C=O) groups excluding carboxylic acids is 2. The van der Waals surface area contributed by atoms with Crippen molar-refractivity contribution in [1.82, 2.24) is 8.87 Å². The van der Waals surface area contributed by atoms with E-state index in [0.29, 0.717) is 24.2 Å². The first-order chi connectivity index (χ1) is 16.9. The Balaban J connectivity index is 1.79. The minimum atomic E-state index is -1.25. The van der Waals surface area contributed by atoms with Crippen LogP contribution < -0.4 is 0 Å². The van der Waals surface area contributed by atoms with Crippen LogP contribution in [-0.2, 0) is 33.5 Å². The van der Waals surface area contributed by atoms with Crippen molar-refractivity contribution >= 4 is 22.7 Å².